The average Bonchev–Trinajstić information content (AvgIpc) is 2.50. The van der Waals surface area contributed by atoms with Crippen molar-refractivity contribution in [1.82, 2.24) is 5.32 Å². The normalized spacial score (nSPS) is 28.7. The van der Waals surface area contributed by atoms with Crippen LogP contribution in [0.25, 0.3) is 0 Å². The highest BCUT2D eigenvalue weighted by Crippen LogP contribution is 2.24. The highest BCUT2D eigenvalue weighted by atomic mass is 16.4. The Morgan fingerprint density at radius 2 is 2.50 bits per heavy atom. The van der Waals surface area contributed by atoms with Gasteiger partial charge in [0.1, 0.15) is 5.54 Å². The maximum Gasteiger partial charge on any atom is 0.323 e. The molecule has 0 saturated carbocycles. The maximum atomic E-state index is 10.9. The zero-order valence-electron chi connectivity index (χ0n) is 7.18. The molecule has 0 radical (unpaired) electrons. The lowest BCUT2D eigenvalue weighted by atomic mass is 9.92. The Morgan fingerprint density at radius 3 is 2.92 bits per heavy atom. The molecule has 1 unspecified atom stereocenters. The molecular weight excluding hydrogens is 154 g/mol. The molecule has 0 amide bonds. The third-order valence-electron chi connectivity index (χ3n) is 2.43. The maximum absolute atomic E-state index is 10.9. The molecular formula is C9H15NO2. The van der Waals surface area contributed by atoms with Crippen molar-refractivity contribution in [1.29, 1.82) is 0 Å². The first kappa shape index (κ1) is 9.26. The van der Waals surface area contributed by atoms with Crippen LogP contribution in [0.1, 0.15) is 25.7 Å². The van der Waals surface area contributed by atoms with Crippen LogP contribution >= 0.6 is 0 Å². The van der Waals surface area contributed by atoms with Gasteiger partial charge in [0.2, 0.25) is 0 Å². The molecule has 0 aromatic rings. The predicted octanol–water partition coefficient (Wildman–Crippen LogP) is 1.16. The van der Waals surface area contributed by atoms with Crippen LogP contribution in [-0.2, 0) is 4.79 Å². The number of allylic oxidation sites excluding steroid dienone is 1. The standard InChI is InChI=1S/C9H15NO2/c1-2-3-5-9(8(11)12)6-4-7-10-9/h2,10H,1,3-7H2,(H,11,12). The average molecular weight is 169 g/mol. The second kappa shape index (κ2) is 3.72. The fourth-order valence-electron chi connectivity index (χ4n) is 1.66. The summed E-state index contributed by atoms with van der Waals surface area (Å²) >= 11 is 0. The predicted molar refractivity (Wildman–Crippen MR) is 47.0 cm³/mol. The molecule has 0 spiro atoms. The highest BCUT2D eigenvalue weighted by molar-refractivity contribution is 5.79. The second-order valence-corrected chi connectivity index (χ2v) is 3.24. The minimum Gasteiger partial charge on any atom is -0.480 e. The SMILES string of the molecule is C=CCCC1(C(=O)O)CCCN1. The van der Waals surface area contributed by atoms with E-state index in [-0.39, 0.29) is 0 Å². The lowest BCUT2D eigenvalue weighted by Gasteiger charge is -2.23. The smallest absolute Gasteiger partial charge is 0.323 e. The number of rotatable bonds is 4. The van der Waals surface area contributed by atoms with Crippen molar-refractivity contribution in [3.63, 3.8) is 0 Å². The second-order valence-electron chi connectivity index (χ2n) is 3.24. The molecule has 0 aliphatic carbocycles. The Morgan fingerprint density at radius 1 is 1.75 bits per heavy atom. The van der Waals surface area contributed by atoms with Gasteiger partial charge in [-0.15, -0.1) is 6.58 Å². The molecule has 1 aliphatic heterocycles. The zero-order chi connectivity index (χ0) is 9.03. The van der Waals surface area contributed by atoms with Gasteiger partial charge < -0.3 is 10.4 Å². The fourth-order valence-corrected chi connectivity index (χ4v) is 1.66. The molecule has 1 atom stereocenters. The fraction of sp³-hybridized carbons (Fsp3) is 0.667. The summed E-state index contributed by atoms with van der Waals surface area (Å²) in [7, 11) is 0. The van der Waals surface area contributed by atoms with E-state index in [0.717, 1.165) is 25.8 Å². The number of carbonyl (C=O) groups is 1. The minimum atomic E-state index is -0.721. The van der Waals surface area contributed by atoms with E-state index in [4.69, 9.17) is 5.11 Å². The summed E-state index contributed by atoms with van der Waals surface area (Å²) in [6.45, 7) is 4.41. The van der Waals surface area contributed by atoms with Crippen molar-refractivity contribution in [2.45, 2.75) is 31.2 Å². The summed E-state index contributed by atoms with van der Waals surface area (Å²) in [6.07, 6.45) is 4.90. The van der Waals surface area contributed by atoms with Gasteiger partial charge in [-0.3, -0.25) is 4.79 Å². The van der Waals surface area contributed by atoms with Crippen molar-refractivity contribution < 1.29 is 9.90 Å². The molecule has 0 aromatic carbocycles. The Labute approximate surface area is 72.5 Å². The summed E-state index contributed by atoms with van der Waals surface area (Å²) in [4.78, 5) is 10.9. The third kappa shape index (κ3) is 1.67. The van der Waals surface area contributed by atoms with Crippen molar-refractivity contribution >= 4 is 5.97 Å². The molecule has 3 nitrogen and oxygen atoms in total. The van der Waals surface area contributed by atoms with Crippen molar-refractivity contribution in [2.24, 2.45) is 0 Å². The van der Waals surface area contributed by atoms with Crippen LogP contribution < -0.4 is 5.32 Å². The number of hydrogen-bond acceptors (Lipinski definition) is 2. The molecule has 1 rings (SSSR count). The van der Waals surface area contributed by atoms with E-state index in [1.54, 1.807) is 6.08 Å². The van der Waals surface area contributed by atoms with Crippen molar-refractivity contribution in [3.8, 4) is 0 Å². The van der Waals surface area contributed by atoms with Gasteiger partial charge in [0, 0.05) is 0 Å². The lowest BCUT2D eigenvalue weighted by Crippen LogP contribution is -2.47. The molecule has 0 bridgehead atoms. The molecule has 1 heterocycles. The molecule has 3 heteroatoms. The van der Waals surface area contributed by atoms with E-state index >= 15 is 0 Å². The van der Waals surface area contributed by atoms with Crippen LogP contribution in [0.4, 0.5) is 0 Å². The van der Waals surface area contributed by atoms with E-state index in [0.29, 0.717) is 6.42 Å². The Balaban J connectivity index is 2.58. The number of nitrogens with one attached hydrogen (secondary N) is 1. The first-order chi connectivity index (χ1) is 5.71. The van der Waals surface area contributed by atoms with Gasteiger partial charge in [-0.1, -0.05) is 6.08 Å². The van der Waals surface area contributed by atoms with E-state index in [1.165, 1.54) is 0 Å². The summed E-state index contributed by atoms with van der Waals surface area (Å²) < 4.78 is 0. The van der Waals surface area contributed by atoms with E-state index in [9.17, 15) is 4.79 Å². The van der Waals surface area contributed by atoms with Crippen molar-refractivity contribution in [3.05, 3.63) is 12.7 Å². The van der Waals surface area contributed by atoms with Gasteiger partial charge in [-0.25, -0.2) is 0 Å². The van der Waals surface area contributed by atoms with Gasteiger partial charge in [0.25, 0.3) is 0 Å². The number of hydrogen-bond donors (Lipinski definition) is 2. The molecule has 12 heavy (non-hydrogen) atoms. The van der Waals surface area contributed by atoms with Crippen LogP contribution in [0.2, 0.25) is 0 Å². The molecule has 1 fully saturated rings. The van der Waals surface area contributed by atoms with Crippen molar-refractivity contribution in [2.75, 3.05) is 6.54 Å². The van der Waals surface area contributed by atoms with Gasteiger partial charge in [0.15, 0.2) is 0 Å². The zero-order valence-corrected chi connectivity index (χ0v) is 7.18. The van der Waals surface area contributed by atoms with Crippen LogP contribution in [0.3, 0.4) is 0 Å². The molecule has 2 N–H and O–H groups in total. The Kier molecular flexibility index (Phi) is 2.87. The van der Waals surface area contributed by atoms with Gasteiger partial charge in [-0.05, 0) is 32.2 Å². The molecule has 1 saturated heterocycles. The van der Waals surface area contributed by atoms with E-state index in [1.807, 2.05) is 0 Å². The van der Waals surface area contributed by atoms with E-state index in [2.05, 4.69) is 11.9 Å². The first-order valence-corrected chi connectivity index (χ1v) is 4.30. The summed E-state index contributed by atoms with van der Waals surface area (Å²) in [5.74, 6) is -0.721. The number of aliphatic carboxylic acids is 1. The summed E-state index contributed by atoms with van der Waals surface area (Å²) in [6, 6.07) is 0. The monoisotopic (exact) mass is 169 g/mol. The van der Waals surface area contributed by atoms with Gasteiger partial charge in [0.05, 0.1) is 0 Å². The Hall–Kier alpha value is -0.830. The summed E-state index contributed by atoms with van der Waals surface area (Å²) in [5.41, 5.74) is -0.659. The topological polar surface area (TPSA) is 49.3 Å². The highest BCUT2D eigenvalue weighted by Gasteiger charge is 2.39. The summed E-state index contributed by atoms with van der Waals surface area (Å²) in [5, 5.41) is 12.1. The molecule has 0 aromatic heterocycles. The largest absolute Gasteiger partial charge is 0.480 e. The number of carboxylic acids is 1. The van der Waals surface area contributed by atoms with Crippen LogP contribution in [0.15, 0.2) is 12.7 Å². The van der Waals surface area contributed by atoms with Crippen LogP contribution in [-0.4, -0.2) is 23.2 Å². The van der Waals surface area contributed by atoms with E-state index < -0.39 is 11.5 Å². The van der Waals surface area contributed by atoms with Gasteiger partial charge in [-0.2, -0.15) is 0 Å². The van der Waals surface area contributed by atoms with Gasteiger partial charge >= 0.3 is 5.97 Å². The van der Waals surface area contributed by atoms with Crippen LogP contribution in [0.5, 0.6) is 0 Å². The molecule has 1 aliphatic rings. The van der Waals surface area contributed by atoms with Crippen LogP contribution in [0, 0.1) is 0 Å². The Bertz CT molecular complexity index is 183. The first-order valence-electron chi connectivity index (χ1n) is 4.30. The quantitative estimate of drug-likeness (QED) is 0.621. The molecule has 68 valence electrons. The number of carboxylic acid groups (broad SMARTS) is 1. The lowest BCUT2D eigenvalue weighted by molar-refractivity contribution is -0.144. The minimum absolute atomic E-state index is 0.659. The third-order valence-corrected chi connectivity index (χ3v) is 2.43.